The van der Waals surface area contributed by atoms with E-state index in [-0.39, 0.29) is 0 Å². The minimum absolute atomic E-state index is 0.453. The number of rotatable bonds is 3. The molecule has 0 N–H and O–H groups in total. The molecule has 0 bridgehead atoms. The van der Waals surface area contributed by atoms with Crippen molar-refractivity contribution in [2.45, 2.75) is 25.7 Å². The Labute approximate surface area is 144 Å². The van der Waals surface area contributed by atoms with Crippen molar-refractivity contribution >= 4 is 16.3 Å². The molecule has 132 valence electrons. The van der Waals surface area contributed by atoms with Gasteiger partial charge >= 0.3 is 6.18 Å². The molecule has 6 nitrogen and oxygen atoms in total. The summed E-state index contributed by atoms with van der Waals surface area (Å²) >= 11 is 1.52. The average Bonchev–Trinajstić information content (AvgIpc) is 3.15. The molecule has 0 unspecified atom stereocenters. The van der Waals surface area contributed by atoms with Gasteiger partial charge in [0.25, 0.3) is 0 Å². The standard InChI is InChI=1S/C15H14F3N5OS/c1-24-12-11(23-4-5-25-14(23)21-12)8-22-3-2-10-9(7-22)6-19-13(20-10)15(16,17)18/h4-6H,2-3,7-8H2,1H3. The average molecular weight is 369 g/mol. The van der Waals surface area contributed by atoms with Crippen molar-refractivity contribution in [3.05, 3.63) is 40.5 Å². The summed E-state index contributed by atoms with van der Waals surface area (Å²) in [6.45, 7) is 1.69. The van der Waals surface area contributed by atoms with Crippen LogP contribution in [-0.4, -0.2) is 37.9 Å². The first kappa shape index (κ1) is 16.3. The van der Waals surface area contributed by atoms with Crippen LogP contribution in [-0.2, 0) is 25.7 Å². The van der Waals surface area contributed by atoms with Gasteiger partial charge in [0, 0.05) is 49.4 Å². The maximum atomic E-state index is 12.7. The van der Waals surface area contributed by atoms with Gasteiger partial charge in [-0.3, -0.25) is 9.30 Å². The molecule has 0 fully saturated rings. The fraction of sp³-hybridized carbons (Fsp3) is 0.400. The van der Waals surface area contributed by atoms with Gasteiger partial charge in [0.05, 0.1) is 12.8 Å². The van der Waals surface area contributed by atoms with Crippen molar-refractivity contribution in [2.75, 3.05) is 13.7 Å². The molecule has 0 radical (unpaired) electrons. The van der Waals surface area contributed by atoms with E-state index in [4.69, 9.17) is 4.74 Å². The van der Waals surface area contributed by atoms with Crippen LogP contribution in [0, 0.1) is 0 Å². The Morgan fingerprint density at radius 1 is 1.32 bits per heavy atom. The second kappa shape index (κ2) is 5.95. The number of nitrogens with zero attached hydrogens (tertiary/aromatic N) is 5. The van der Waals surface area contributed by atoms with Gasteiger partial charge in [-0.25, -0.2) is 9.97 Å². The first-order chi connectivity index (χ1) is 12.0. The molecular weight excluding hydrogens is 355 g/mol. The maximum Gasteiger partial charge on any atom is 0.451 e. The van der Waals surface area contributed by atoms with Crippen LogP contribution in [0.5, 0.6) is 5.88 Å². The van der Waals surface area contributed by atoms with Gasteiger partial charge in [0.15, 0.2) is 4.96 Å². The summed E-state index contributed by atoms with van der Waals surface area (Å²) in [7, 11) is 1.58. The SMILES string of the molecule is COc1nc2sccn2c1CN1CCc2nc(C(F)(F)F)ncc2C1. The molecule has 0 saturated heterocycles. The van der Waals surface area contributed by atoms with Crippen LogP contribution in [0.3, 0.4) is 0 Å². The summed E-state index contributed by atoms with van der Waals surface area (Å²) < 4.78 is 45.5. The lowest BCUT2D eigenvalue weighted by molar-refractivity contribution is -0.145. The zero-order valence-electron chi connectivity index (χ0n) is 13.2. The number of alkyl halides is 3. The largest absolute Gasteiger partial charge is 0.480 e. The Hall–Kier alpha value is -2.20. The number of aromatic nitrogens is 4. The lowest BCUT2D eigenvalue weighted by Crippen LogP contribution is -2.32. The third-order valence-electron chi connectivity index (χ3n) is 4.16. The molecule has 0 amide bonds. The summed E-state index contributed by atoms with van der Waals surface area (Å²) in [6.07, 6.45) is -0.844. The molecule has 1 aliphatic heterocycles. The molecule has 25 heavy (non-hydrogen) atoms. The van der Waals surface area contributed by atoms with E-state index in [0.717, 1.165) is 16.2 Å². The fourth-order valence-corrected chi connectivity index (χ4v) is 3.70. The Morgan fingerprint density at radius 2 is 2.16 bits per heavy atom. The van der Waals surface area contributed by atoms with Crippen molar-refractivity contribution in [3.63, 3.8) is 0 Å². The molecule has 1 aliphatic rings. The van der Waals surface area contributed by atoms with Crippen molar-refractivity contribution in [3.8, 4) is 5.88 Å². The highest BCUT2D eigenvalue weighted by molar-refractivity contribution is 7.15. The molecule has 3 aromatic rings. The summed E-state index contributed by atoms with van der Waals surface area (Å²) in [5.41, 5.74) is 2.12. The first-order valence-electron chi connectivity index (χ1n) is 7.58. The summed E-state index contributed by atoms with van der Waals surface area (Å²) in [5, 5.41) is 1.95. The van der Waals surface area contributed by atoms with Crippen LogP contribution < -0.4 is 4.74 Å². The normalized spacial score (nSPS) is 15.5. The van der Waals surface area contributed by atoms with Crippen LogP contribution in [0.4, 0.5) is 13.2 Å². The van der Waals surface area contributed by atoms with Crippen LogP contribution in [0.25, 0.3) is 4.96 Å². The van der Waals surface area contributed by atoms with Crippen LogP contribution >= 0.6 is 11.3 Å². The minimum atomic E-state index is -4.51. The van der Waals surface area contributed by atoms with Crippen molar-refractivity contribution < 1.29 is 17.9 Å². The lowest BCUT2D eigenvalue weighted by atomic mass is 10.1. The van der Waals surface area contributed by atoms with Gasteiger partial charge in [-0.05, 0) is 0 Å². The zero-order chi connectivity index (χ0) is 17.6. The van der Waals surface area contributed by atoms with E-state index in [1.165, 1.54) is 17.5 Å². The molecule has 0 spiro atoms. The second-order valence-electron chi connectivity index (χ2n) is 5.75. The van der Waals surface area contributed by atoms with Gasteiger partial charge in [0.2, 0.25) is 11.7 Å². The number of hydrogen-bond acceptors (Lipinski definition) is 6. The van der Waals surface area contributed by atoms with Crippen LogP contribution in [0.2, 0.25) is 0 Å². The number of hydrogen-bond donors (Lipinski definition) is 0. The van der Waals surface area contributed by atoms with Gasteiger partial charge in [-0.2, -0.15) is 18.2 Å². The molecule has 0 atom stereocenters. The molecule has 10 heteroatoms. The van der Waals surface area contributed by atoms with Gasteiger partial charge in [-0.15, -0.1) is 11.3 Å². The number of halogens is 3. The van der Waals surface area contributed by atoms with Crippen LogP contribution in [0.15, 0.2) is 17.8 Å². The summed E-state index contributed by atoms with van der Waals surface area (Å²) in [6, 6.07) is 0. The predicted octanol–water partition coefficient (Wildman–Crippen LogP) is 2.77. The molecule has 4 heterocycles. The van der Waals surface area contributed by atoms with E-state index in [0.29, 0.717) is 37.6 Å². The van der Waals surface area contributed by atoms with Gasteiger partial charge in [0.1, 0.15) is 5.69 Å². The number of imidazole rings is 1. The molecule has 0 saturated carbocycles. The van der Waals surface area contributed by atoms with E-state index in [2.05, 4.69) is 19.9 Å². The topological polar surface area (TPSA) is 55.6 Å². The number of methoxy groups -OCH3 is 1. The third kappa shape index (κ3) is 2.95. The Balaban J connectivity index is 1.57. The first-order valence-corrected chi connectivity index (χ1v) is 8.46. The van der Waals surface area contributed by atoms with E-state index in [1.54, 1.807) is 7.11 Å². The smallest absolute Gasteiger partial charge is 0.451 e. The van der Waals surface area contributed by atoms with E-state index in [9.17, 15) is 13.2 Å². The maximum absolute atomic E-state index is 12.7. The fourth-order valence-electron chi connectivity index (χ4n) is 2.98. The molecule has 0 aromatic carbocycles. The Morgan fingerprint density at radius 3 is 2.92 bits per heavy atom. The van der Waals surface area contributed by atoms with E-state index in [1.807, 2.05) is 16.0 Å². The van der Waals surface area contributed by atoms with Crippen molar-refractivity contribution in [2.24, 2.45) is 0 Å². The molecular formula is C15H14F3N5OS. The van der Waals surface area contributed by atoms with E-state index < -0.39 is 12.0 Å². The summed E-state index contributed by atoms with van der Waals surface area (Å²) in [5.74, 6) is -0.501. The quantitative estimate of drug-likeness (QED) is 0.711. The molecule has 4 rings (SSSR count). The minimum Gasteiger partial charge on any atom is -0.480 e. The highest BCUT2D eigenvalue weighted by Crippen LogP contribution is 2.29. The van der Waals surface area contributed by atoms with Crippen LogP contribution in [0.1, 0.15) is 22.8 Å². The monoisotopic (exact) mass is 369 g/mol. The second-order valence-corrected chi connectivity index (χ2v) is 6.62. The highest BCUT2D eigenvalue weighted by atomic mass is 32.1. The van der Waals surface area contributed by atoms with Crippen molar-refractivity contribution in [1.29, 1.82) is 0 Å². The molecule has 0 aliphatic carbocycles. The van der Waals surface area contributed by atoms with E-state index >= 15 is 0 Å². The third-order valence-corrected chi connectivity index (χ3v) is 4.91. The number of thiazole rings is 1. The van der Waals surface area contributed by atoms with Gasteiger partial charge < -0.3 is 4.74 Å². The zero-order valence-corrected chi connectivity index (χ0v) is 14.1. The predicted molar refractivity (Wildman–Crippen MR) is 84.5 cm³/mol. The summed E-state index contributed by atoms with van der Waals surface area (Å²) in [4.78, 5) is 14.6. The van der Waals surface area contributed by atoms with Gasteiger partial charge in [-0.1, -0.05) is 0 Å². The number of ether oxygens (including phenoxy) is 1. The highest BCUT2D eigenvalue weighted by Gasteiger charge is 2.35. The van der Waals surface area contributed by atoms with Crippen molar-refractivity contribution in [1.82, 2.24) is 24.3 Å². The molecule has 3 aromatic heterocycles. The Bertz CT molecular complexity index is 920. The Kier molecular flexibility index (Phi) is 3.88. The lowest BCUT2D eigenvalue weighted by Gasteiger charge is -2.28. The number of fused-ring (bicyclic) bond motifs is 2.